The lowest BCUT2D eigenvalue weighted by Gasteiger charge is -2.31. The first-order valence-corrected chi connectivity index (χ1v) is 10.7. The van der Waals surface area contributed by atoms with Crippen LogP contribution in [0.4, 0.5) is 10.1 Å². The summed E-state index contributed by atoms with van der Waals surface area (Å²) in [5, 5.41) is 8.37. The molecule has 4 aromatic rings. The van der Waals surface area contributed by atoms with E-state index in [0.717, 1.165) is 47.7 Å². The lowest BCUT2D eigenvalue weighted by Crippen LogP contribution is -2.32. The van der Waals surface area contributed by atoms with Crippen LogP contribution >= 0.6 is 0 Å². The molecular formula is C24H24FN5O2. The molecule has 7 nitrogen and oxygen atoms in total. The van der Waals surface area contributed by atoms with Crippen LogP contribution in [0.3, 0.4) is 0 Å². The van der Waals surface area contributed by atoms with Gasteiger partial charge >= 0.3 is 0 Å². The van der Waals surface area contributed by atoms with Gasteiger partial charge in [0.15, 0.2) is 5.65 Å². The summed E-state index contributed by atoms with van der Waals surface area (Å²) >= 11 is 0. The summed E-state index contributed by atoms with van der Waals surface area (Å²) in [6.07, 6.45) is 3.41. The lowest BCUT2D eigenvalue weighted by molar-refractivity contribution is 0.307. The highest BCUT2D eigenvalue weighted by molar-refractivity contribution is 5.91. The number of anilines is 1. The van der Waals surface area contributed by atoms with Crippen LogP contribution < -0.4 is 14.4 Å². The van der Waals surface area contributed by atoms with Gasteiger partial charge < -0.3 is 18.9 Å². The third kappa shape index (κ3) is 3.23. The number of aromatic nitrogens is 4. The van der Waals surface area contributed by atoms with Crippen molar-refractivity contribution in [1.82, 2.24) is 19.7 Å². The molecule has 0 saturated carbocycles. The number of hydrogen-bond acceptors (Lipinski definition) is 6. The monoisotopic (exact) mass is 433 g/mol. The standard InChI is InChI=1S/C24H24FN5O2/c1-4-29-8-9-32-22-11-17(21(31-3)12-20(22)29)16-10-15(6-7-19(16)25)18-13-27-28-24-23(18)26-14-30(24)5-2/h6-7,10-14H,4-5,8-9H2,1-3H3. The molecule has 2 aromatic carbocycles. The predicted octanol–water partition coefficient (Wildman–Crippen LogP) is 4.55. The van der Waals surface area contributed by atoms with Crippen LogP contribution in [-0.2, 0) is 6.54 Å². The van der Waals surface area contributed by atoms with Crippen LogP contribution in [0.15, 0.2) is 42.9 Å². The Morgan fingerprint density at radius 3 is 2.75 bits per heavy atom. The second-order valence-electron chi connectivity index (χ2n) is 7.60. The summed E-state index contributed by atoms with van der Waals surface area (Å²) in [7, 11) is 1.60. The van der Waals surface area contributed by atoms with E-state index in [1.165, 1.54) is 6.07 Å². The summed E-state index contributed by atoms with van der Waals surface area (Å²) in [5.41, 5.74) is 5.07. The number of likely N-dealkylation sites (N-methyl/N-ethyl adjacent to an activating group) is 1. The predicted molar refractivity (Wildman–Crippen MR) is 122 cm³/mol. The molecule has 5 rings (SSSR count). The Morgan fingerprint density at radius 1 is 1.09 bits per heavy atom. The van der Waals surface area contributed by atoms with Gasteiger partial charge in [0.1, 0.15) is 29.4 Å². The zero-order valence-corrected chi connectivity index (χ0v) is 18.3. The van der Waals surface area contributed by atoms with E-state index in [0.29, 0.717) is 29.1 Å². The Kier molecular flexibility index (Phi) is 5.13. The van der Waals surface area contributed by atoms with Crippen molar-refractivity contribution >= 4 is 16.9 Å². The van der Waals surface area contributed by atoms with Gasteiger partial charge in [0, 0.05) is 35.8 Å². The van der Waals surface area contributed by atoms with Gasteiger partial charge in [-0.3, -0.25) is 0 Å². The average molecular weight is 433 g/mol. The largest absolute Gasteiger partial charge is 0.496 e. The molecule has 1 aliphatic rings. The number of rotatable bonds is 5. The highest BCUT2D eigenvalue weighted by atomic mass is 19.1. The molecule has 3 heterocycles. The summed E-state index contributed by atoms with van der Waals surface area (Å²) < 4.78 is 28.6. The van der Waals surface area contributed by atoms with E-state index in [9.17, 15) is 0 Å². The topological polar surface area (TPSA) is 65.3 Å². The van der Waals surface area contributed by atoms with Crippen LogP contribution in [0, 0.1) is 5.82 Å². The minimum Gasteiger partial charge on any atom is -0.496 e. The molecule has 8 heteroatoms. The summed E-state index contributed by atoms with van der Waals surface area (Å²) in [4.78, 5) is 6.74. The fourth-order valence-electron chi connectivity index (χ4n) is 4.22. The van der Waals surface area contributed by atoms with Gasteiger partial charge in [-0.15, -0.1) is 5.10 Å². The number of fused-ring (bicyclic) bond motifs is 2. The number of ether oxygens (including phenoxy) is 2. The molecule has 0 bridgehead atoms. The average Bonchev–Trinajstić information content (AvgIpc) is 3.26. The fraction of sp³-hybridized carbons (Fsp3) is 0.292. The van der Waals surface area contributed by atoms with Gasteiger partial charge in [-0.05, 0) is 37.6 Å². The van der Waals surface area contributed by atoms with Crippen LogP contribution in [-0.4, -0.2) is 46.6 Å². The third-order valence-corrected chi connectivity index (χ3v) is 5.93. The Balaban J connectivity index is 1.67. The zero-order valence-electron chi connectivity index (χ0n) is 18.3. The van der Waals surface area contributed by atoms with E-state index in [1.54, 1.807) is 31.8 Å². The van der Waals surface area contributed by atoms with Gasteiger partial charge in [0.25, 0.3) is 0 Å². The fourth-order valence-corrected chi connectivity index (χ4v) is 4.22. The maximum atomic E-state index is 15.1. The lowest BCUT2D eigenvalue weighted by atomic mass is 9.97. The molecule has 0 N–H and O–H groups in total. The molecule has 32 heavy (non-hydrogen) atoms. The van der Waals surface area contributed by atoms with Crippen LogP contribution in [0.5, 0.6) is 11.5 Å². The van der Waals surface area contributed by atoms with E-state index >= 15 is 4.39 Å². The number of methoxy groups -OCH3 is 1. The van der Waals surface area contributed by atoms with Crippen LogP contribution in [0.25, 0.3) is 33.4 Å². The van der Waals surface area contributed by atoms with Crippen molar-refractivity contribution in [2.45, 2.75) is 20.4 Å². The number of hydrogen-bond donors (Lipinski definition) is 0. The van der Waals surface area contributed by atoms with Crippen LogP contribution in [0.1, 0.15) is 13.8 Å². The quantitative estimate of drug-likeness (QED) is 0.460. The van der Waals surface area contributed by atoms with E-state index < -0.39 is 0 Å². The van der Waals surface area contributed by atoms with E-state index in [-0.39, 0.29) is 5.82 Å². The molecule has 1 aliphatic heterocycles. The Bertz CT molecular complexity index is 1300. The Morgan fingerprint density at radius 2 is 1.97 bits per heavy atom. The molecule has 0 atom stereocenters. The van der Waals surface area contributed by atoms with Crippen molar-refractivity contribution in [2.75, 3.05) is 31.7 Å². The molecule has 0 saturated heterocycles. The van der Waals surface area contributed by atoms with E-state index in [1.807, 2.05) is 23.6 Å². The number of halogens is 1. The number of nitrogens with zero attached hydrogens (tertiary/aromatic N) is 5. The molecule has 0 unspecified atom stereocenters. The zero-order chi connectivity index (χ0) is 22.2. The summed E-state index contributed by atoms with van der Waals surface area (Å²) in [5.74, 6) is 0.984. The molecule has 0 aliphatic carbocycles. The Hall–Kier alpha value is -3.68. The van der Waals surface area contributed by atoms with E-state index in [2.05, 4.69) is 27.0 Å². The smallest absolute Gasteiger partial charge is 0.183 e. The molecule has 0 amide bonds. The van der Waals surface area contributed by atoms with Gasteiger partial charge in [0.2, 0.25) is 0 Å². The molecule has 0 radical (unpaired) electrons. The second-order valence-corrected chi connectivity index (χ2v) is 7.60. The highest BCUT2D eigenvalue weighted by Gasteiger charge is 2.23. The molecule has 164 valence electrons. The number of aryl methyl sites for hydroxylation is 1. The maximum absolute atomic E-state index is 15.1. The first-order chi connectivity index (χ1) is 15.6. The Labute approximate surface area is 185 Å². The van der Waals surface area contributed by atoms with Crippen molar-refractivity contribution in [2.24, 2.45) is 0 Å². The minimum atomic E-state index is -0.340. The molecule has 0 fully saturated rings. The first-order valence-electron chi connectivity index (χ1n) is 10.7. The second kappa shape index (κ2) is 8.11. The van der Waals surface area contributed by atoms with Crippen molar-refractivity contribution < 1.29 is 13.9 Å². The highest BCUT2D eigenvalue weighted by Crippen LogP contribution is 2.43. The number of imidazole rings is 1. The van der Waals surface area contributed by atoms with Crippen molar-refractivity contribution in [3.05, 3.63) is 48.7 Å². The number of benzene rings is 2. The summed E-state index contributed by atoms with van der Waals surface area (Å²) in [6, 6.07) is 8.80. The molecule has 0 spiro atoms. The SMILES string of the molecule is CCN1CCOc2cc(-c3cc(-c4cnnc5c4ncn5CC)ccc3F)c(OC)cc21. The van der Waals surface area contributed by atoms with Gasteiger partial charge in [-0.2, -0.15) is 5.10 Å². The van der Waals surface area contributed by atoms with E-state index in [4.69, 9.17) is 9.47 Å². The summed E-state index contributed by atoms with van der Waals surface area (Å²) in [6.45, 7) is 7.13. The minimum absolute atomic E-state index is 0.340. The maximum Gasteiger partial charge on any atom is 0.183 e. The van der Waals surface area contributed by atoms with Crippen molar-refractivity contribution in [1.29, 1.82) is 0 Å². The first kappa shape index (κ1) is 20.2. The van der Waals surface area contributed by atoms with Crippen LogP contribution in [0.2, 0.25) is 0 Å². The van der Waals surface area contributed by atoms with Crippen molar-refractivity contribution in [3.8, 4) is 33.8 Å². The van der Waals surface area contributed by atoms with Gasteiger partial charge in [-0.1, -0.05) is 6.07 Å². The van der Waals surface area contributed by atoms with Gasteiger partial charge in [-0.25, -0.2) is 9.37 Å². The normalized spacial score (nSPS) is 13.2. The van der Waals surface area contributed by atoms with Gasteiger partial charge in [0.05, 0.1) is 31.9 Å². The van der Waals surface area contributed by atoms with Crippen molar-refractivity contribution in [3.63, 3.8) is 0 Å². The molecular weight excluding hydrogens is 409 g/mol. The molecule has 2 aromatic heterocycles. The third-order valence-electron chi connectivity index (χ3n) is 5.93.